The zero-order chi connectivity index (χ0) is 21.5. The van der Waals surface area contributed by atoms with Gasteiger partial charge in [0.2, 0.25) is 5.91 Å². The highest BCUT2D eigenvalue weighted by atomic mass is 32.2. The summed E-state index contributed by atoms with van der Waals surface area (Å²) in [5, 5.41) is 3.39. The first-order chi connectivity index (χ1) is 14.5. The number of aryl methyl sites for hydroxylation is 1. The maximum absolute atomic E-state index is 13.1. The number of ether oxygens (including phenoxy) is 1. The Labute approximate surface area is 184 Å². The van der Waals surface area contributed by atoms with E-state index in [0.29, 0.717) is 28.3 Å². The van der Waals surface area contributed by atoms with Crippen molar-refractivity contribution in [1.82, 2.24) is 14.9 Å². The molecule has 30 heavy (non-hydrogen) atoms. The smallest absolute Gasteiger partial charge is 0.325 e. The van der Waals surface area contributed by atoms with Gasteiger partial charge in [-0.2, -0.15) is 0 Å². The summed E-state index contributed by atoms with van der Waals surface area (Å²) in [6.45, 7) is 4.38. The van der Waals surface area contributed by atoms with Gasteiger partial charge in [-0.1, -0.05) is 49.0 Å². The second-order valence-electron chi connectivity index (χ2n) is 6.87. The van der Waals surface area contributed by atoms with E-state index < -0.39 is 5.97 Å². The molecule has 0 fully saturated rings. The number of rotatable bonds is 9. The van der Waals surface area contributed by atoms with Crippen molar-refractivity contribution in [2.24, 2.45) is 0 Å². The van der Waals surface area contributed by atoms with Crippen LogP contribution in [0.5, 0.6) is 0 Å². The topological polar surface area (TPSA) is 90.3 Å². The third-order valence-corrected chi connectivity index (χ3v) is 6.69. The fourth-order valence-electron chi connectivity index (χ4n) is 3.09. The molecule has 0 bridgehead atoms. The highest BCUT2D eigenvalue weighted by Gasteiger charge is 2.26. The summed E-state index contributed by atoms with van der Waals surface area (Å²) in [7, 11) is 0. The maximum atomic E-state index is 13.1. The molecule has 0 radical (unpaired) electrons. The first-order valence-corrected chi connectivity index (χ1v) is 11.7. The molecule has 2 heterocycles. The summed E-state index contributed by atoms with van der Waals surface area (Å²) in [6, 6.07) is 9.96. The summed E-state index contributed by atoms with van der Waals surface area (Å²) < 4.78 is 6.47. The Morgan fingerprint density at radius 3 is 2.83 bits per heavy atom. The first kappa shape index (κ1) is 22.4. The Morgan fingerprint density at radius 2 is 2.10 bits per heavy atom. The molecule has 7 nitrogen and oxygen atoms in total. The van der Waals surface area contributed by atoms with Gasteiger partial charge in [-0.15, -0.1) is 11.8 Å². The summed E-state index contributed by atoms with van der Waals surface area (Å²) in [6.07, 6.45) is 1.45. The molecule has 0 spiro atoms. The lowest BCUT2D eigenvalue weighted by Gasteiger charge is -2.13. The lowest BCUT2D eigenvalue weighted by Crippen LogP contribution is -2.32. The minimum Gasteiger partial charge on any atom is -0.465 e. The average Bonchev–Trinajstić information content (AvgIpc) is 3.11. The molecule has 1 aliphatic heterocycles. The molecule has 2 aromatic rings. The molecule has 1 unspecified atom stereocenters. The van der Waals surface area contributed by atoms with E-state index in [9.17, 15) is 14.4 Å². The standard InChI is InChI=1S/C21H25N3O4S2/c1-3-28-18(26)12-22-17(25)13-29-21-23-16-11-14(2)30-19(16)20(27)24(21)10-9-15-7-5-4-6-8-15/h4-8,14H,3,9-13H2,1-2H3,(H,22,25). The highest BCUT2D eigenvalue weighted by Crippen LogP contribution is 2.34. The van der Waals surface area contributed by atoms with Gasteiger partial charge in [0.15, 0.2) is 5.16 Å². The van der Waals surface area contributed by atoms with E-state index in [1.807, 2.05) is 30.3 Å². The third kappa shape index (κ3) is 5.89. The number of hydrogen-bond donors (Lipinski definition) is 1. The highest BCUT2D eigenvalue weighted by molar-refractivity contribution is 8.00. The quantitative estimate of drug-likeness (QED) is 0.358. The minimum absolute atomic E-state index is 0.0419. The number of benzene rings is 1. The number of thioether (sulfide) groups is 2. The van der Waals surface area contributed by atoms with E-state index in [4.69, 9.17) is 9.72 Å². The monoisotopic (exact) mass is 447 g/mol. The molecule has 1 atom stereocenters. The largest absolute Gasteiger partial charge is 0.465 e. The molecular formula is C21H25N3O4S2. The SMILES string of the molecule is CCOC(=O)CNC(=O)CSc1nc2c(c(=O)n1CCc1ccccc1)SC(C)C2. The third-order valence-electron chi connectivity index (χ3n) is 4.50. The van der Waals surface area contributed by atoms with Crippen LogP contribution in [-0.4, -0.2) is 45.6 Å². The van der Waals surface area contributed by atoms with E-state index >= 15 is 0 Å². The maximum Gasteiger partial charge on any atom is 0.325 e. The van der Waals surface area contributed by atoms with Gasteiger partial charge in [0.25, 0.3) is 5.56 Å². The van der Waals surface area contributed by atoms with Crippen LogP contribution in [0.15, 0.2) is 45.2 Å². The van der Waals surface area contributed by atoms with Crippen LogP contribution < -0.4 is 10.9 Å². The number of nitrogens with one attached hydrogen (secondary N) is 1. The predicted octanol–water partition coefficient (Wildman–Crippen LogP) is 2.29. The van der Waals surface area contributed by atoms with E-state index in [1.165, 1.54) is 11.8 Å². The zero-order valence-corrected chi connectivity index (χ0v) is 18.7. The number of fused-ring (bicyclic) bond motifs is 1. The number of amides is 1. The van der Waals surface area contributed by atoms with Gasteiger partial charge < -0.3 is 10.1 Å². The predicted molar refractivity (Wildman–Crippen MR) is 118 cm³/mol. The van der Waals surface area contributed by atoms with Gasteiger partial charge in [0, 0.05) is 18.2 Å². The molecule has 9 heteroatoms. The van der Waals surface area contributed by atoms with Gasteiger partial charge in [-0.25, -0.2) is 4.98 Å². The van der Waals surface area contributed by atoms with Crippen molar-refractivity contribution in [3.8, 4) is 0 Å². The zero-order valence-electron chi connectivity index (χ0n) is 17.1. The fraction of sp³-hybridized carbons (Fsp3) is 0.429. The number of carbonyl (C=O) groups excluding carboxylic acids is 2. The van der Waals surface area contributed by atoms with Crippen molar-refractivity contribution in [3.63, 3.8) is 0 Å². The Bertz CT molecular complexity index is 963. The van der Waals surface area contributed by atoms with Gasteiger partial charge in [-0.05, 0) is 18.9 Å². The molecule has 160 valence electrons. The van der Waals surface area contributed by atoms with Gasteiger partial charge in [0.05, 0.1) is 22.9 Å². The molecule has 0 aliphatic carbocycles. The number of nitrogens with zero attached hydrogens (tertiary/aromatic N) is 2. The molecule has 0 saturated carbocycles. The summed E-state index contributed by atoms with van der Waals surface area (Å²) in [4.78, 5) is 42.1. The van der Waals surface area contributed by atoms with Gasteiger partial charge in [-0.3, -0.25) is 19.0 Å². The van der Waals surface area contributed by atoms with Crippen LogP contribution in [0.3, 0.4) is 0 Å². The van der Waals surface area contributed by atoms with Crippen LogP contribution in [0, 0.1) is 0 Å². The van der Waals surface area contributed by atoms with Crippen molar-refractivity contribution < 1.29 is 14.3 Å². The molecule has 1 aromatic carbocycles. The molecular weight excluding hydrogens is 422 g/mol. The van der Waals surface area contributed by atoms with Crippen LogP contribution in [0.25, 0.3) is 0 Å². The molecule has 1 amide bonds. The number of aromatic nitrogens is 2. The van der Waals surface area contributed by atoms with Crippen LogP contribution in [0.4, 0.5) is 0 Å². The van der Waals surface area contributed by atoms with Gasteiger partial charge in [0.1, 0.15) is 6.54 Å². The fourth-order valence-corrected chi connectivity index (χ4v) is 5.07. The van der Waals surface area contributed by atoms with Gasteiger partial charge >= 0.3 is 5.97 Å². The van der Waals surface area contributed by atoms with Crippen LogP contribution >= 0.6 is 23.5 Å². The van der Waals surface area contributed by atoms with E-state index in [0.717, 1.165) is 17.7 Å². The molecule has 0 saturated heterocycles. The number of hydrogen-bond acceptors (Lipinski definition) is 7. The number of esters is 1. The number of carbonyl (C=O) groups is 2. The van der Waals surface area contributed by atoms with Crippen molar-refractivity contribution in [2.45, 2.75) is 48.5 Å². The van der Waals surface area contributed by atoms with Crippen molar-refractivity contribution >= 4 is 35.4 Å². The van der Waals surface area contributed by atoms with Crippen LogP contribution in [0.1, 0.15) is 25.1 Å². The second-order valence-corrected chi connectivity index (χ2v) is 9.26. The van der Waals surface area contributed by atoms with E-state index in [2.05, 4.69) is 12.2 Å². The summed E-state index contributed by atoms with van der Waals surface area (Å²) in [5.74, 6) is -0.712. The normalized spacial score (nSPS) is 14.9. The Balaban J connectivity index is 1.72. The first-order valence-electron chi connectivity index (χ1n) is 9.87. The second kappa shape index (κ2) is 10.7. The summed E-state index contributed by atoms with van der Waals surface area (Å²) in [5.41, 5.74) is 1.90. The van der Waals surface area contributed by atoms with Crippen molar-refractivity contribution in [3.05, 3.63) is 51.9 Å². The van der Waals surface area contributed by atoms with Crippen LogP contribution in [-0.2, 0) is 33.7 Å². The average molecular weight is 448 g/mol. The Morgan fingerprint density at radius 1 is 1.33 bits per heavy atom. The minimum atomic E-state index is -0.475. The van der Waals surface area contributed by atoms with Crippen molar-refractivity contribution in [2.75, 3.05) is 18.9 Å². The molecule has 1 aromatic heterocycles. The lowest BCUT2D eigenvalue weighted by atomic mass is 10.1. The Hall–Kier alpha value is -2.26. The van der Waals surface area contributed by atoms with E-state index in [1.54, 1.807) is 23.3 Å². The summed E-state index contributed by atoms with van der Waals surface area (Å²) >= 11 is 2.78. The molecule has 1 aliphatic rings. The molecule has 1 N–H and O–H groups in total. The van der Waals surface area contributed by atoms with Crippen molar-refractivity contribution in [1.29, 1.82) is 0 Å². The van der Waals surface area contributed by atoms with E-state index in [-0.39, 0.29) is 30.4 Å². The molecule has 3 rings (SSSR count). The Kier molecular flexibility index (Phi) is 7.98. The lowest BCUT2D eigenvalue weighted by molar-refractivity contribution is -0.143. The van der Waals surface area contributed by atoms with Crippen LogP contribution in [0.2, 0.25) is 0 Å².